The zero-order chi connectivity index (χ0) is 11.5. The summed E-state index contributed by atoms with van der Waals surface area (Å²) in [5.74, 6) is 0.163. The van der Waals surface area contributed by atoms with E-state index in [0.717, 1.165) is 6.42 Å². The fourth-order valence-corrected chi connectivity index (χ4v) is 1.56. The van der Waals surface area contributed by atoms with E-state index in [1.54, 1.807) is 0 Å². The zero-order valence-electron chi connectivity index (χ0n) is 9.28. The van der Waals surface area contributed by atoms with Crippen molar-refractivity contribution in [3.8, 4) is 0 Å². The predicted octanol–water partition coefficient (Wildman–Crippen LogP) is 1.60. The maximum Gasteiger partial charge on any atom is 0.235 e. The molecule has 0 amide bonds. The molecule has 82 valence electrons. The van der Waals surface area contributed by atoms with Gasteiger partial charge in [0.15, 0.2) is 12.0 Å². The van der Waals surface area contributed by atoms with E-state index in [9.17, 15) is 4.79 Å². The van der Waals surface area contributed by atoms with E-state index >= 15 is 0 Å². The van der Waals surface area contributed by atoms with E-state index in [0.29, 0.717) is 12.2 Å². The second-order valence-corrected chi connectivity index (χ2v) is 3.91. The smallest absolute Gasteiger partial charge is 0.235 e. The van der Waals surface area contributed by atoms with Crippen LogP contribution in [-0.2, 0) is 9.53 Å². The standard InChI is InChI=1S/C11H16N2O2/c1-8-5-4-6-11(8,2)13-9(7-14)10(12)15-3/h4,6-8,12H,5H2,1-3H3/t8-,11?/m0/s1. The van der Waals surface area contributed by atoms with Gasteiger partial charge in [-0.15, -0.1) is 0 Å². The van der Waals surface area contributed by atoms with Crippen LogP contribution in [0.5, 0.6) is 0 Å². The van der Waals surface area contributed by atoms with Crippen LogP contribution in [0.15, 0.2) is 17.1 Å². The molecule has 0 saturated heterocycles. The molecule has 0 heterocycles. The summed E-state index contributed by atoms with van der Waals surface area (Å²) in [5.41, 5.74) is -0.320. The summed E-state index contributed by atoms with van der Waals surface area (Å²) in [5, 5.41) is 7.40. The summed E-state index contributed by atoms with van der Waals surface area (Å²) in [6, 6.07) is 0. The van der Waals surface area contributed by atoms with Crippen molar-refractivity contribution < 1.29 is 9.53 Å². The summed E-state index contributed by atoms with van der Waals surface area (Å²) in [4.78, 5) is 15.1. The van der Waals surface area contributed by atoms with E-state index in [2.05, 4.69) is 11.9 Å². The number of carbonyl (C=O) groups excluding carboxylic acids is 1. The summed E-state index contributed by atoms with van der Waals surface area (Å²) >= 11 is 0. The van der Waals surface area contributed by atoms with Gasteiger partial charge in [-0.1, -0.05) is 19.1 Å². The number of aliphatic imine (C=N–C) groups is 1. The van der Waals surface area contributed by atoms with Crippen LogP contribution in [0.2, 0.25) is 0 Å². The van der Waals surface area contributed by atoms with Crippen LogP contribution in [0.4, 0.5) is 0 Å². The van der Waals surface area contributed by atoms with Crippen molar-refractivity contribution in [2.45, 2.75) is 25.8 Å². The Kier molecular flexibility index (Phi) is 3.39. The first-order valence-corrected chi connectivity index (χ1v) is 4.89. The van der Waals surface area contributed by atoms with Crippen LogP contribution in [-0.4, -0.2) is 30.5 Å². The van der Waals surface area contributed by atoms with Crippen LogP contribution < -0.4 is 0 Å². The van der Waals surface area contributed by atoms with Gasteiger partial charge in [0, 0.05) is 0 Å². The molecule has 0 aromatic heterocycles. The first-order valence-electron chi connectivity index (χ1n) is 4.89. The van der Waals surface area contributed by atoms with Crippen molar-refractivity contribution in [3.05, 3.63) is 12.2 Å². The predicted molar refractivity (Wildman–Crippen MR) is 59.6 cm³/mol. The molecule has 0 aromatic carbocycles. The van der Waals surface area contributed by atoms with Crippen LogP contribution >= 0.6 is 0 Å². The topological polar surface area (TPSA) is 62.5 Å². The third kappa shape index (κ3) is 2.32. The van der Waals surface area contributed by atoms with Crippen LogP contribution in [0.1, 0.15) is 20.3 Å². The Morgan fingerprint density at radius 1 is 1.73 bits per heavy atom. The van der Waals surface area contributed by atoms with Crippen molar-refractivity contribution in [1.82, 2.24) is 0 Å². The highest BCUT2D eigenvalue weighted by atomic mass is 16.5. The van der Waals surface area contributed by atoms with Crippen LogP contribution in [0.3, 0.4) is 0 Å². The summed E-state index contributed by atoms with van der Waals surface area (Å²) in [6.07, 6.45) is 5.54. The van der Waals surface area contributed by atoms with Crippen LogP contribution in [0.25, 0.3) is 0 Å². The number of carbonyl (C=O) groups is 1. The minimum Gasteiger partial charge on any atom is -0.480 e. The zero-order valence-corrected chi connectivity index (χ0v) is 9.28. The third-order valence-corrected chi connectivity index (χ3v) is 2.85. The normalized spacial score (nSPS) is 30.3. The number of nitrogens with one attached hydrogen (secondary N) is 1. The molecule has 1 unspecified atom stereocenters. The number of rotatable bonds is 3. The van der Waals surface area contributed by atoms with Crippen molar-refractivity contribution in [1.29, 1.82) is 5.41 Å². The lowest BCUT2D eigenvalue weighted by Crippen LogP contribution is -2.29. The summed E-state index contributed by atoms with van der Waals surface area (Å²) in [7, 11) is 1.36. The van der Waals surface area contributed by atoms with E-state index in [-0.39, 0.29) is 17.1 Å². The Hall–Kier alpha value is -1.45. The summed E-state index contributed by atoms with van der Waals surface area (Å²) in [6.45, 7) is 4.02. The highest BCUT2D eigenvalue weighted by molar-refractivity contribution is 6.59. The molecule has 0 bridgehead atoms. The molecule has 15 heavy (non-hydrogen) atoms. The third-order valence-electron chi connectivity index (χ3n) is 2.85. The SMILES string of the molecule is COC(=N)C(C=O)=NC1(C)C=CC[C@@H]1C. The molecule has 0 fully saturated rings. The molecule has 1 aliphatic carbocycles. The molecule has 4 heteroatoms. The van der Waals surface area contributed by atoms with Gasteiger partial charge in [-0.2, -0.15) is 0 Å². The Bertz CT molecular complexity index is 333. The molecular weight excluding hydrogens is 192 g/mol. The van der Waals surface area contributed by atoms with Gasteiger partial charge < -0.3 is 4.74 Å². The first-order chi connectivity index (χ1) is 7.03. The molecule has 0 saturated carbocycles. The minimum atomic E-state index is -0.388. The lowest BCUT2D eigenvalue weighted by molar-refractivity contribution is -0.102. The highest BCUT2D eigenvalue weighted by Gasteiger charge is 2.32. The lowest BCUT2D eigenvalue weighted by Gasteiger charge is -2.23. The van der Waals surface area contributed by atoms with E-state index in [1.165, 1.54) is 7.11 Å². The molecule has 1 aliphatic rings. The molecule has 1 N–H and O–H groups in total. The average molecular weight is 208 g/mol. The number of hydrogen-bond donors (Lipinski definition) is 1. The fourth-order valence-electron chi connectivity index (χ4n) is 1.56. The van der Waals surface area contributed by atoms with Crippen molar-refractivity contribution >= 4 is 17.9 Å². The average Bonchev–Trinajstić information content (AvgIpc) is 2.55. The van der Waals surface area contributed by atoms with Gasteiger partial charge in [0.25, 0.3) is 0 Å². The van der Waals surface area contributed by atoms with Crippen molar-refractivity contribution in [2.75, 3.05) is 7.11 Å². The Morgan fingerprint density at radius 3 is 2.80 bits per heavy atom. The molecule has 0 spiro atoms. The maximum absolute atomic E-state index is 10.8. The van der Waals surface area contributed by atoms with Crippen LogP contribution in [0, 0.1) is 11.3 Å². The van der Waals surface area contributed by atoms with Gasteiger partial charge in [-0.25, -0.2) is 0 Å². The second kappa shape index (κ2) is 4.38. The van der Waals surface area contributed by atoms with E-state index in [1.807, 2.05) is 19.1 Å². The maximum atomic E-state index is 10.8. The Balaban J connectivity index is 2.97. The second-order valence-electron chi connectivity index (χ2n) is 3.91. The molecule has 0 aliphatic heterocycles. The van der Waals surface area contributed by atoms with Gasteiger partial charge >= 0.3 is 0 Å². The van der Waals surface area contributed by atoms with E-state index in [4.69, 9.17) is 10.1 Å². The largest absolute Gasteiger partial charge is 0.480 e. The highest BCUT2D eigenvalue weighted by Crippen LogP contribution is 2.32. The quantitative estimate of drug-likeness (QED) is 0.331. The van der Waals surface area contributed by atoms with Gasteiger partial charge in [0.2, 0.25) is 5.90 Å². The number of nitrogens with zero attached hydrogens (tertiary/aromatic N) is 1. The monoisotopic (exact) mass is 208 g/mol. The van der Waals surface area contributed by atoms with Gasteiger partial charge in [0.1, 0.15) is 0 Å². The molecule has 0 radical (unpaired) electrons. The van der Waals surface area contributed by atoms with Crippen molar-refractivity contribution in [2.24, 2.45) is 10.9 Å². The number of allylic oxidation sites excluding steroid dienone is 1. The summed E-state index contributed by atoms with van der Waals surface area (Å²) < 4.78 is 4.69. The van der Waals surface area contributed by atoms with Gasteiger partial charge in [0.05, 0.1) is 12.6 Å². The number of ether oxygens (including phenoxy) is 1. The molecule has 4 nitrogen and oxygen atoms in total. The number of aldehydes is 1. The van der Waals surface area contributed by atoms with Gasteiger partial charge in [-0.3, -0.25) is 15.2 Å². The molecule has 2 atom stereocenters. The molecule has 1 rings (SSSR count). The first kappa shape index (κ1) is 11.6. The Labute approximate surface area is 89.5 Å². The van der Waals surface area contributed by atoms with E-state index < -0.39 is 0 Å². The minimum absolute atomic E-state index is 0.0680. The fraction of sp³-hybridized carbons (Fsp3) is 0.545. The van der Waals surface area contributed by atoms with Crippen molar-refractivity contribution in [3.63, 3.8) is 0 Å². The Morgan fingerprint density at radius 2 is 2.40 bits per heavy atom. The number of methoxy groups -OCH3 is 1. The molecular formula is C11H16N2O2. The number of hydrogen-bond acceptors (Lipinski definition) is 4. The van der Waals surface area contributed by atoms with Gasteiger partial charge in [-0.05, 0) is 19.3 Å². The lowest BCUT2D eigenvalue weighted by atomic mass is 9.91. The molecule has 0 aromatic rings.